The molecule has 0 radical (unpaired) electrons. The van der Waals surface area contributed by atoms with E-state index in [1.807, 2.05) is 18.4 Å². The highest BCUT2D eigenvalue weighted by molar-refractivity contribution is 7.14. The lowest BCUT2D eigenvalue weighted by Gasteiger charge is -2.37. The van der Waals surface area contributed by atoms with Crippen LogP contribution in [-0.4, -0.2) is 75.7 Å². The van der Waals surface area contributed by atoms with E-state index in [4.69, 9.17) is 0 Å². The summed E-state index contributed by atoms with van der Waals surface area (Å²) in [4.78, 5) is 11.7. The molecule has 23 heavy (non-hydrogen) atoms. The van der Waals surface area contributed by atoms with E-state index in [-0.39, 0.29) is 0 Å². The maximum absolute atomic E-state index is 4.46. The summed E-state index contributed by atoms with van der Waals surface area (Å²) in [5.74, 6) is 1.04. The molecule has 0 unspecified atom stereocenters. The Kier molecular flexibility index (Phi) is 7.68. The van der Waals surface area contributed by atoms with Crippen LogP contribution in [0.3, 0.4) is 0 Å². The lowest BCUT2D eigenvalue weighted by molar-refractivity contribution is 0.325. The van der Waals surface area contributed by atoms with Crippen molar-refractivity contribution in [3.8, 4) is 0 Å². The number of anilines is 1. The van der Waals surface area contributed by atoms with E-state index in [9.17, 15) is 0 Å². The maximum Gasteiger partial charge on any atom is 0.193 e. The van der Waals surface area contributed by atoms with Crippen LogP contribution in [-0.2, 0) is 0 Å². The smallest absolute Gasteiger partial charge is 0.193 e. The number of hydrogen-bond donors (Lipinski definition) is 1. The van der Waals surface area contributed by atoms with Crippen LogP contribution in [0.5, 0.6) is 0 Å². The molecule has 1 fully saturated rings. The van der Waals surface area contributed by atoms with E-state index in [0.29, 0.717) is 0 Å². The SMILES string of the molecule is CCCCN(C)CCNC(=NC)N1CCN(c2cccs2)CC1. The Hall–Kier alpha value is -1.27. The summed E-state index contributed by atoms with van der Waals surface area (Å²) < 4.78 is 0. The second-order valence-corrected chi connectivity index (χ2v) is 6.98. The average Bonchev–Trinajstić information content (AvgIpc) is 3.12. The van der Waals surface area contributed by atoms with Gasteiger partial charge in [0.25, 0.3) is 0 Å². The predicted molar refractivity (Wildman–Crippen MR) is 102 cm³/mol. The van der Waals surface area contributed by atoms with Crippen LogP contribution >= 0.6 is 11.3 Å². The third-order valence-electron chi connectivity index (χ3n) is 4.28. The molecule has 0 atom stereocenters. The summed E-state index contributed by atoms with van der Waals surface area (Å²) in [6.07, 6.45) is 2.53. The number of nitrogens with one attached hydrogen (secondary N) is 1. The molecule has 0 spiro atoms. The van der Waals surface area contributed by atoms with Crippen LogP contribution in [0.1, 0.15) is 19.8 Å². The van der Waals surface area contributed by atoms with E-state index in [2.05, 4.69) is 56.5 Å². The first-order valence-corrected chi connectivity index (χ1v) is 9.55. The number of likely N-dealkylation sites (N-methyl/N-ethyl adjacent to an activating group) is 1. The van der Waals surface area contributed by atoms with Gasteiger partial charge in [-0.3, -0.25) is 4.99 Å². The number of rotatable bonds is 7. The van der Waals surface area contributed by atoms with Crippen LogP contribution in [0.4, 0.5) is 5.00 Å². The van der Waals surface area contributed by atoms with E-state index < -0.39 is 0 Å². The van der Waals surface area contributed by atoms with Crippen LogP contribution in [0.25, 0.3) is 0 Å². The van der Waals surface area contributed by atoms with Crippen molar-refractivity contribution in [2.24, 2.45) is 4.99 Å². The number of hydrogen-bond acceptors (Lipinski definition) is 4. The second kappa shape index (κ2) is 9.78. The van der Waals surface area contributed by atoms with E-state index >= 15 is 0 Å². The normalized spacial score (nSPS) is 16.3. The topological polar surface area (TPSA) is 34.1 Å². The van der Waals surface area contributed by atoms with Crippen LogP contribution < -0.4 is 10.2 Å². The minimum atomic E-state index is 0.956. The minimum Gasteiger partial charge on any atom is -0.360 e. The Labute approximate surface area is 145 Å². The lowest BCUT2D eigenvalue weighted by atomic mass is 10.3. The van der Waals surface area contributed by atoms with Gasteiger partial charge >= 0.3 is 0 Å². The third-order valence-corrected chi connectivity index (χ3v) is 5.21. The van der Waals surface area contributed by atoms with Gasteiger partial charge in [-0.1, -0.05) is 13.3 Å². The molecule has 1 aliphatic rings. The third kappa shape index (κ3) is 5.70. The van der Waals surface area contributed by atoms with Gasteiger partial charge in [-0.05, 0) is 37.5 Å². The molecular weight excluding hydrogens is 306 g/mol. The van der Waals surface area contributed by atoms with Gasteiger partial charge in [0.1, 0.15) is 0 Å². The van der Waals surface area contributed by atoms with Crippen molar-refractivity contribution < 1.29 is 0 Å². The maximum atomic E-state index is 4.46. The molecule has 5 nitrogen and oxygen atoms in total. The molecule has 0 aliphatic carbocycles. The summed E-state index contributed by atoms with van der Waals surface area (Å²) in [5.41, 5.74) is 0. The summed E-state index contributed by atoms with van der Waals surface area (Å²) in [7, 11) is 4.08. The Morgan fingerprint density at radius 2 is 2.09 bits per heavy atom. The molecule has 1 N–H and O–H groups in total. The van der Waals surface area contributed by atoms with Gasteiger partial charge in [0.05, 0.1) is 5.00 Å². The van der Waals surface area contributed by atoms with Crippen molar-refractivity contribution in [1.29, 1.82) is 0 Å². The van der Waals surface area contributed by atoms with Gasteiger partial charge in [0.15, 0.2) is 5.96 Å². The van der Waals surface area contributed by atoms with Gasteiger partial charge in [-0.2, -0.15) is 0 Å². The predicted octanol–water partition coefficient (Wildman–Crippen LogP) is 2.18. The van der Waals surface area contributed by atoms with E-state index in [1.54, 1.807) is 0 Å². The minimum absolute atomic E-state index is 0.956. The Balaban J connectivity index is 1.70. The van der Waals surface area contributed by atoms with Crippen molar-refractivity contribution in [3.05, 3.63) is 17.5 Å². The zero-order chi connectivity index (χ0) is 16.5. The molecular formula is C17H31N5S. The summed E-state index contributed by atoms with van der Waals surface area (Å²) in [5, 5.41) is 7.04. The molecule has 1 aromatic rings. The van der Waals surface area contributed by atoms with Gasteiger partial charge in [-0.15, -0.1) is 11.3 Å². The largest absolute Gasteiger partial charge is 0.360 e. The van der Waals surface area contributed by atoms with Crippen molar-refractivity contribution in [2.75, 3.05) is 64.8 Å². The molecule has 2 rings (SSSR count). The number of piperazine rings is 1. The fourth-order valence-electron chi connectivity index (χ4n) is 2.82. The van der Waals surface area contributed by atoms with Gasteiger partial charge < -0.3 is 20.0 Å². The van der Waals surface area contributed by atoms with Crippen molar-refractivity contribution in [3.63, 3.8) is 0 Å². The van der Waals surface area contributed by atoms with Gasteiger partial charge in [0.2, 0.25) is 0 Å². The van der Waals surface area contributed by atoms with Gasteiger partial charge in [0, 0.05) is 46.3 Å². The summed E-state index contributed by atoms with van der Waals surface area (Å²) >= 11 is 1.82. The van der Waals surface area contributed by atoms with E-state index in [0.717, 1.165) is 45.2 Å². The van der Waals surface area contributed by atoms with Crippen LogP contribution in [0.2, 0.25) is 0 Å². The molecule has 0 bridgehead atoms. The zero-order valence-corrected chi connectivity index (χ0v) is 15.6. The Morgan fingerprint density at radius 1 is 1.30 bits per heavy atom. The molecule has 0 aromatic carbocycles. The number of unbranched alkanes of at least 4 members (excludes halogenated alkanes) is 1. The average molecular weight is 338 g/mol. The fraction of sp³-hybridized carbons (Fsp3) is 0.706. The molecule has 2 heterocycles. The highest BCUT2D eigenvalue weighted by Crippen LogP contribution is 2.22. The first kappa shape index (κ1) is 18.1. The molecule has 1 aliphatic heterocycles. The summed E-state index contributed by atoms with van der Waals surface area (Å²) in [6, 6.07) is 4.33. The molecule has 6 heteroatoms. The van der Waals surface area contributed by atoms with Crippen molar-refractivity contribution in [1.82, 2.24) is 15.1 Å². The molecule has 130 valence electrons. The molecule has 1 aromatic heterocycles. The Morgan fingerprint density at radius 3 is 2.70 bits per heavy atom. The number of aliphatic imine (C=N–C) groups is 1. The standard InChI is InChI=1S/C17H31N5S/c1-4-5-9-20(3)10-8-19-17(18-2)22-13-11-21(12-14-22)16-7-6-15-23-16/h6-7,15H,4-5,8-14H2,1-3H3,(H,18,19). The number of guanidine groups is 1. The molecule has 0 saturated carbocycles. The van der Waals surface area contributed by atoms with Crippen LogP contribution in [0.15, 0.2) is 22.5 Å². The fourth-order valence-corrected chi connectivity index (χ4v) is 3.60. The first-order valence-electron chi connectivity index (χ1n) is 8.67. The van der Waals surface area contributed by atoms with Crippen LogP contribution in [0, 0.1) is 0 Å². The second-order valence-electron chi connectivity index (χ2n) is 6.06. The monoisotopic (exact) mass is 337 g/mol. The highest BCUT2D eigenvalue weighted by atomic mass is 32.1. The number of thiophene rings is 1. The summed E-state index contributed by atoms with van der Waals surface area (Å²) in [6.45, 7) is 9.63. The number of nitrogens with zero attached hydrogens (tertiary/aromatic N) is 4. The van der Waals surface area contributed by atoms with Crippen molar-refractivity contribution in [2.45, 2.75) is 19.8 Å². The highest BCUT2D eigenvalue weighted by Gasteiger charge is 2.20. The lowest BCUT2D eigenvalue weighted by Crippen LogP contribution is -2.53. The zero-order valence-electron chi connectivity index (χ0n) is 14.8. The van der Waals surface area contributed by atoms with Gasteiger partial charge in [-0.25, -0.2) is 0 Å². The molecule has 1 saturated heterocycles. The quantitative estimate of drug-likeness (QED) is 0.611. The first-order chi connectivity index (χ1) is 11.2. The van der Waals surface area contributed by atoms with Crippen molar-refractivity contribution >= 4 is 22.3 Å². The van der Waals surface area contributed by atoms with E-state index in [1.165, 1.54) is 24.4 Å². The molecule has 0 amide bonds. The Bertz CT molecular complexity index is 452.